The number of carbonyl (C=O) groups excluding carboxylic acids is 2. The first-order valence-electron chi connectivity index (χ1n) is 10.5. The van der Waals surface area contributed by atoms with Crippen LogP contribution in [0.2, 0.25) is 0 Å². The van der Waals surface area contributed by atoms with Crippen LogP contribution in [0.5, 0.6) is 0 Å². The number of amides is 3. The van der Waals surface area contributed by atoms with Gasteiger partial charge in [0.25, 0.3) is 0 Å². The largest absolute Gasteiger partial charge is 0.335 e. The zero-order chi connectivity index (χ0) is 20.0. The summed E-state index contributed by atoms with van der Waals surface area (Å²) < 4.78 is 0. The number of aromatic nitrogens is 1. The van der Waals surface area contributed by atoms with Gasteiger partial charge in [-0.2, -0.15) is 0 Å². The number of benzene rings is 1. The lowest BCUT2D eigenvalue weighted by Gasteiger charge is -2.29. The van der Waals surface area contributed by atoms with Crippen LogP contribution in [0.4, 0.5) is 10.5 Å². The number of aryl methyl sites for hydroxylation is 1. The molecule has 1 aromatic carbocycles. The highest BCUT2D eigenvalue weighted by atomic mass is 16.2. The first-order valence-corrected chi connectivity index (χ1v) is 10.5. The topological polar surface area (TPSA) is 74.3 Å². The SMILES string of the molecule is CN1C(=O)CCc2cc(-c3cncc4c3CCC[C@H]4NC(=O)NC3CC3)ccc21. The van der Waals surface area contributed by atoms with Gasteiger partial charge in [0.15, 0.2) is 0 Å². The first kappa shape index (κ1) is 18.2. The summed E-state index contributed by atoms with van der Waals surface area (Å²) in [5.41, 5.74) is 6.89. The molecular weight excluding hydrogens is 364 g/mol. The van der Waals surface area contributed by atoms with Crippen molar-refractivity contribution < 1.29 is 9.59 Å². The van der Waals surface area contributed by atoms with E-state index in [2.05, 4.69) is 27.8 Å². The number of nitrogens with one attached hydrogen (secondary N) is 2. The van der Waals surface area contributed by atoms with E-state index in [1.807, 2.05) is 25.5 Å². The summed E-state index contributed by atoms with van der Waals surface area (Å²) in [6.07, 6.45) is 10.3. The predicted molar refractivity (Wildman–Crippen MR) is 112 cm³/mol. The maximum atomic E-state index is 12.3. The summed E-state index contributed by atoms with van der Waals surface area (Å²) in [5.74, 6) is 0.169. The number of hydrogen-bond acceptors (Lipinski definition) is 3. The van der Waals surface area contributed by atoms with Crippen LogP contribution in [0.15, 0.2) is 30.6 Å². The van der Waals surface area contributed by atoms with Gasteiger partial charge in [-0.1, -0.05) is 6.07 Å². The summed E-state index contributed by atoms with van der Waals surface area (Å²) in [4.78, 5) is 30.5. The molecule has 2 heterocycles. The molecule has 0 radical (unpaired) electrons. The molecule has 0 unspecified atom stereocenters. The van der Waals surface area contributed by atoms with E-state index < -0.39 is 0 Å². The lowest BCUT2D eigenvalue weighted by atomic mass is 9.84. The second-order valence-electron chi connectivity index (χ2n) is 8.39. The molecule has 0 spiro atoms. The zero-order valence-electron chi connectivity index (χ0n) is 16.7. The van der Waals surface area contributed by atoms with Gasteiger partial charge >= 0.3 is 6.03 Å². The van der Waals surface area contributed by atoms with E-state index >= 15 is 0 Å². The van der Waals surface area contributed by atoms with E-state index in [9.17, 15) is 9.59 Å². The van der Waals surface area contributed by atoms with Crippen molar-refractivity contribution in [2.45, 2.75) is 57.0 Å². The van der Waals surface area contributed by atoms with Crippen molar-refractivity contribution in [3.63, 3.8) is 0 Å². The average Bonchev–Trinajstić information content (AvgIpc) is 3.54. The molecule has 2 N–H and O–H groups in total. The minimum Gasteiger partial charge on any atom is -0.335 e. The maximum absolute atomic E-state index is 12.3. The van der Waals surface area contributed by atoms with E-state index in [0.29, 0.717) is 12.5 Å². The fourth-order valence-corrected chi connectivity index (χ4v) is 4.56. The molecule has 3 amide bonds. The molecule has 1 fully saturated rings. The number of fused-ring (bicyclic) bond motifs is 2. The van der Waals surface area contributed by atoms with Crippen molar-refractivity contribution in [2.75, 3.05) is 11.9 Å². The van der Waals surface area contributed by atoms with Crippen LogP contribution < -0.4 is 15.5 Å². The molecule has 29 heavy (non-hydrogen) atoms. The fraction of sp³-hybridized carbons (Fsp3) is 0.435. The average molecular weight is 390 g/mol. The molecule has 6 heteroatoms. The molecular formula is C23H26N4O2. The van der Waals surface area contributed by atoms with Crippen molar-refractivity contribution in [1.82, 2.24) is 15.6 Å². The molecule has 1 aromatic heterocycles. The molecule has 3 aliphatic rings. The normalized spacial score (nSPS) is 20.7. The van der Waals surface area contributed by atoms with Crippen LogP contribution in [-0.4, -0.2) is 30.0 Å². The molecule has 1 saturated carbocycles. The Bertz CT molecular complexity index is 983. The first-order chi connectivity index (χ1) is 14.1. The van der Waals surface area contributed by atoms with Crippen molar-refractivity contribution in [2.24, 2.45) is 0 Å². The van der Waals surface area contributed by atoms with Gasteiger partial charge in [0.05, 0.1) is 6.04 Å². The molecule has 150 valence electrons. The van der Waals surface area contributed by atoms with Gasteiger partial charge in [-0.05, 0) is 72.9 Å². The van der Waals surface area contributed by atoms with E-state index in [4.69, 9.17) is 0 Å². The van der Waals surface area contributed by atoms with Gasteiger partial charge < -0.3 is 15.5 Å². The standard InChI is InChI=1S/C23H26N4O2/c1-27-21-9-5-14(11-15(21)6-10-22(27)28)18-12-24-13-19-17(18)3-2-4-20(19)26-23(29)25-16-7-8-16/h5,9,11-13,16,20H,2-4,6-8,10H2,1H3,(H2,25,26,29)/t20-/m1/s1. The molecule has 0 bridgehead atoms. The molecule has 0 saturated heterocycles. The quantitative estimate of drug-likeness (QED) is 0.842. The van der Waals surface area contributed by atoms with Gasteiger partial charge in [0.1, 0.15) is 0 Å². The molecule has 2 aliphatic carbocycles. The Morgan fingerprint density at radius 1 is 1.10 bits per heavy atom. The third kappa shape index (κ3) is 3.48. The van der Waals surface area contributed by atoms with E-state index in [0.717, 1.165) is 60.9 Å². The second-order valence-corrected chi connectivity index (χ2v) is 8.39. The zero-order valence-corrected chi connectivity index (χ0v) is 16.7. The number of rotatable bonds is 3. The Morgan fingerprint density at radius 2 is 1.97 bits per heavy atom. The Hall–Kier alpha value is -2.89. The molecule has 6 nitrogen and oxygen atoms in total. The summed E-state index contributed by atoms with van der Waals surface area (Å²) >= 11 is 0. The maximum Gasteiger partial charge on any atom is 0.315 e. The minimum atomic E-state index is -0.0720. The van der Waals surface area contributed by atoms with Gasteiger partial charge in [-0.25, -0.2) is 4.79 Å². The summed E-state index contributed by atoms with van der Waals surface area (Å²) in [5, 5.41) is 6.17. The molecule has 1 aliphatic heterocycles. The number of anilines is 1. The summed E-state index contributed by atoms with van der Waals surface area (Å²) in [6.45, 7) is 0. The van der Waals surface area contributed by atoms with Gasteiger partial charge in [0, 0.05) is 43.2 Å². The van der Waals surface area contributed by atoms with Crippen molar-refractivity contribution in [1.29, 1.82) is 0 Å². The minimum absolute atomic E-state index is 0.00586. The smallest absolute Gasteiger partial charge is 0.315 e. The molecule has 5 rings (SSSR count). The number of pyridine rings is 1. The van der Waals surface area contributed by atoms with Crippen LogP contribution in [0, 0.1) is 0 Å². The van der Waals surface area contributed by atoms with Crippen LogP contribution >= 0.6 is 0 Å². The van der Waals surface area contributed by atoms with Crippen LogP contribution in [0.25, 0.3) is 11.1 Å². The lowest BCUT2D eigenvalue weighted by Crippen LogP contribution is -2.40. The Morgan fingerprint density at radius 3 is 2.79 bits per heavy atom. The van der Waals surface area contributed by atoms with Crippen molar-refractivity contribution in [3.8, 4) is 11.1 Å². The molecule has 1 atom stereocenters. The third-order valence-corrected chi connectivity index (χ3v) is 6.34. The Balaban J connectivity index is 1.45. The fourth-order valence-electron chi connectivity index (χ4n) is 4.56. The van der Waals surface area contributed by atoms with Crippen molar-refractivity contribution >= 4 is 17.6 Å². The Kier molecular flexibility index (Phi) is 4.49. The predicted octanol–water partition coefficient (Wildman–Crippen LogP) is 3.50. The molecule has 2 aromatic rings. The van der Waals surface area contributed by atoms with Gasteiger partial charge in [0.2, 0.25) is 5.91 Å². The number of carbonyl (C=O) groups is 2. The van der Waals surface area contributed by atoms with E-state index in [1.165, 1.54) is 11.1 Å². The van der Waals surface area contributed by atoms with E-state index in [1.54, 1.807) is 4.90 Å². The monoisotopic (exact) mass is 390 g/mol. The van der Waals surface area contributed by atoms with Gasteiger partial charge in [-0.3, -0.25) is 9.78 Å². The number of hydrogen-bond donors (Lipinski definition) is 2. The highest BCUT2D eigenvalue weighted by Crippen LogP contribution is 2.38. The summed E-state index contributed by atoms with van der Waals surface area (Å²) in [7, 11) is 1.84. The van der Waals surface area contributed by atoms with Crippen LogP contribution in [-0.2, 0) is 17.6 Å². The number of nitrogens with zero attached hydrogens (tertiary/aromatic N) is 2. The second kappa shape index (κ2) is 7.17. The summed E-state index contributed by atoms with van der Waals surface area (Å²) in [6, 6.07) is 6.61. The highest BCUT2D eigenvalue weighted by Gasteiger charge is 2.28. The van der Waals surface area contributed by atoms with Gasteiger partial charge in [-0.15, -0.1) is 0 Å². The van der Waals surface area contributed by atoms with E-state index in [-0.39, 0.29) is 18.0 Å². The van der Waals surface area contributed by atoms with Crippen LogP contribution in [0.3, 0.4) is 0 Å². The number of urea groups is 1. The van der Waals surface area contributed by atoms with Crippen molar-refractivity contribution in [3.05, 3.63) is 47.3 Å². The third-order valence-electron chi connectivity index (χ3n) is 6.34. The van der Waals surface area contributed by atoms with Crippen LogP contribution in [0.1, 0.15) is 54.8 Å². The lowest BCUT2D eigenvalue weighted by molar-refractivity contribution is -0.118. The highest BCUT2D eigenvalue weighted by molar-refractivity contribution is 5.96. The Labute approximate surface area is 170 Å².